The maximum atomic E-state index is 13.7. The highest BCUT2D eigenvalue weighted by atomic mass is 16.5. The normalized spacial score (nSPS) is 21.0. The van der Waals surface area contributed by atoms with Gasteiger partial charge in [0.05, 0.1) is 24.0 Å². The van der Waals surface area contributed by atoms with E-state index in [1.165, 1.54) is 5.56 Å². The van der Waals surface area contributed by atoms with Crippen LogP contribution in [0.2, 0.25) is 0 Å². The summed E-state index contributed by atoms with van der Waals surface area (Å²) in [6.07, 6.45) is 7.88. The van der Waals surface area contributed by atoms with Crippen molar-refractivity contribution in [3.05, 3.63) is 47.7 Å². The van der Waals surface area contributed by atoms with Gasteiger partial charge in [-0.1, -0.05) is 32.9 Å². The first-order chi connectivity index (χ1) is 14.8. The van der Waals surface area contributed by atoms with Gasteiger partial charge in [0, 0.05) is 24.8 Å². The van der Waals surface area contributed by atoms with Crippen molar-refractivity contribution >= 4 is 23.1 Å². The molecular formula is C26H35N3O2. The van der Waals surface area contributed by atoms with Gasteiger partial charge in [-0.3, -0.25) is 4.79 Å². The number of carbonyl (C=O) groups is 1. The second kappa shape index (κ2) is 8.99. The van der Waals surface area contributed by atoms with E-state index in [-0.39, 0.29) is 23.3 Å². The molecule has 4 rings (SSSR count). The summed E-state index contributed by atoms with van der Waals surface area (Å²) in [5.41, 5.74) is 4.53. The number of fused-ring (bicyclic) bond motifs is 2. The Hall–Kier alpha value is -2.40. The van der Waals surface area contributed by atoms with E-state index >= 15 is 0 Å². The van der Waals surface area contributed by atoms with Crippen LogP contribution in [0, 0.1) is 11.3 Å². The molecule has 1 aromatic carbocycles. The van der Waals surface area contributed by atoms with Gasteiger partial charge in [-0.2, -0.15) is 0 Å². The minimum Gasteiger partial charge on any atom is -0.381 e. The van der Waals surface area contributed by atoms with E-state index in [4.69, 9.17) is 4.74 Å². The molecule has 1 aliphatic carbocycles. The van der Waals surface area contributed by atoms with Crippen LogP contribution in [-0.4, -0.2) is 24.1 Å². The molecule has 0 spiro atoms. The van der Waals surface area contributed by atoms with Crippen LogP contribution in [0.1, 0.15) is 64.0 Å². The van der Waals surface area contributed by atoms with Gasteiger partial charge in [-0.15, -0.1) is 0 Å². The van der Waals surface area contributed by atoms with Crippen molar-refractivity contribution < 1.29 is 9.53 Å². The van der Waals surface area contributed by atoms with Crippen molar-refractivity contribution in [3.63, 3.8) is 0 Å². The van der Waals surface area contributed by atoms with Crippen LogP contribution in [0.15, 0.2) is 36.5 Å². The number of ether oxygens (including phenoxy) is 1. The fourth-order valence-corrected chi connectivity index (χ4v) is 4.61. The zero-order chi connectivity index (χ0) is 22.0. The Kier molecular flexibility index (Phi) is 6.33. The zero-order valence-corrected chi connectivity index (χ0v) is 19.3. The SMILES string of the molecule is COC1CCC(C(=O)N2Cc3cccnc3Nc3ccc(CCC(C)(C)C)cc32)CC1. The van der Waals surface area contributed by atoms with Crippen LogP contribution in [0.3, 0.4) is 0 Å². The van der Waals surface area contributed by atoms with Crippen molar-refractivity contribution in [2.75, 3.05) is 17.3 Å². The summed E-state index contributed by atoms with van der Waals surface area (Å²) >= 11 is 0. The molecule has 1 aliphatic heterocycles. The number of methoxy groups -OCH3 is 1. The minimum atomic E-state index is 0.0516. The molecular weight excluding hydrogens is 386 g/mol. The number of anilines is 3. The number of aryl methyl sites for hydroxylation is 1. The van der Waals surface area contributed by atoms with Gasteiger partial charge >= 0.3 is 0 Å². The lowest BCUT2D eigenvalue weighted by atomic mass is 9.86. The number of nitrogens with zero attached hydrogens (tertiary/aromatic N) is 2. The second-order valence-electron chi connectivity index (χ2n) is 10.2. The van der Waals surface area contributed by atoms with E-state index in [1.807, 2.05) is 11.0 Å². The fourth-order valence-electron chi connectivity index (χ4n) is 4.61. The Morgan fingerprint density at radius 1 is 1.19 bits per heavy atom. The predicted molar refractivity (Wildman–Crippen MR) is 126 cm³/mol. The van der Waals surface area contributed by atoms with Gasteiger partial charge in [0.15, 0.2) is 0 Å². The molecule has 1 amide bonds. The minimum absolute atomic E-state index is 0.0516. The largest absolute Gasteiger partial charge is 0.381 e. The van der Waals surface area contributed by atoms with Gasteiger partial charge in [0.2, 0.25) is 5.91 Å². The van der Waals surface area contributed by atoms with Crippen LogP contribution in [-0.2, 0) is 22.5 Å². The molecule has 2 heterocycles. The lowest BCUT2D eigenvalue weighted by molar-refractivity contribution is -0.124. The molecule has 0 atom stereocenters. The molecule has 2 aliphatic rings. The van der Waals surface area contributed by atoms with Crippen molar-refractivity contribution in [2.24, 2.45) is 11.3 Å². The molecule has 166 valence electrons. The molecule has 1 fully saturated rings. The first-order valence-electron chi connectivity index (χ1n) is 11.5. The monoisotopic (exact) mass is 421 g/mol. The number of aromatic nitrogens is 1. The van der Waals surface area contributed by atoms with Crippen LogP contribution in [0.25, 0.3) is 0 Å². The standard InChI is InChI=1S/C26H35N3O2/c1-26(2,3)14-13-18-7-12-22-23(16-18)29(17-20-6-5-15-27-24(20)28-22)25(30)19-8-10-21(31-4)11-9-19/h5-7,12,15-16,19,21H,8-11,13-14,17H2,1-4H3,(H,27,28). The molecule has 0 unspecified atom stereocenters. The highest BCUT2D eigenvalue weighted by molar-refractivity contribution is 5.99. The maximum absolute atomic E-state index is 13.7. The first kappa shape index (κ1) is 21.8. The molecule has 0 radical (unpaired) electrons. The topological polar surface area (TPSA) is 54.5 Å². The van der Waals surface area contributed by atoms with Crippen molar-refractivity contribution in [1.82, 2.24) is 4.98 Å². The van der Waals surface area contributed by atoms with E-state index < -0.39 is 0 Å². The summed E-state index contributed by atoms with van der Waals surface area (Å²) in [6.45, 7) is 7.36. The maximum Gasteiger partial charge on any atom is 0.230 e. The van der Waals surface area contributed by atoms with Crippen LogP contribution < -0.4 is 10.2 Å². The van der Waals surface area contributed by atoms with Crippen molar-refractivity contribution in [2.45, 2.75) is 71.9 Å². The van der Waals surface area contributed by atoms with E-state index in [9.17, 15) is 4.79 Å². The van der Waals surface area contributed by atoms with E-state index in [0.717, 1.165) is 61.3 Å². The summed E-state index contributed by atoms with van der Waals surface area (Å²) < 4.78 is 5.51. The second-order valence-corrected chi connectivity index (χ2v) is 10.2. The van der Waals surface area contributed by atoms with Crippen LogP contribution >= 0.6 is 0 Å². The summed E-state index contributed by atoms with van der Waals surface area (Å²) in [6, 6.07) is 10.5. The Balaban J connectivity index is 1.65. The zero-order valence-electron chi connectivity index (χ0n) is 19.3. The van der Waals surface area contributed by atoms with Gasteiger partial charge in [-0.25, -0.2) is 4.98 Å². The van der Waals surface area contributed by atoms with Crippen LogP contribution in [0.4, 0.5) is 17.2 Å². The molecule has 1 aromatic heterocycles. The fraction of sp³-hybridized carbons (Fsp3) is 0.538. The highest BCUT2D eigenvalue weighted by Gasteiger charge is 2.33. The third-order valence-corrected chi connectivity index (χ3v) is 6.61. The summed E-state index contributed by atoms with van der Waals surface area (Å²) in [7, 11) is 1.77. The Bertz CT molecular complexity index is 926. The molecule has 5 heteroatoms. The Morgan fingerprint density at radius 2 is 1.97 bits per heavy atom. The number of hydrogen-bond acceptors (Lipinski definition) is 4. The molecule has 0 saturated heterocycles. The number of benzene rings is 1. The van der Waals surface area contributed by atoms with Gasteiger partial charge < -0.3 is 15.0 Å². The third kappa shape index (κ3) is 5.09. The number of carbonyl (C=O) groups excluding carboxylic acids is 1. The van der Waals surface area contributed by atoms with E-state index in [0.29, 0.717) is 6.54 Å². The van der Waals surface area contributed by atoms with E-state index in [1.54, 1.807) is 13.3 Å². The summed E-state index contributed by atoms with van der Waals surface area (Å²) in [5, 5.41) is 3.48. The molecule has 2 aromatic rings. The molecule has 5 nitrogen and oxygen atoms in total. The van der Waals surface area contributed by atoms with Crippen molar-refractivity contribution in [1.29, 1.82) is 0 Å². The third-order valence-electron chi connectivity index (χ3n) is 6.61. The number of pyridine rings is 1. The number of hydrogen-bond donors (Lipinski definition) is 1. The average Bonchev–Trinajstić information content (AvgIpc) is 2.93. The smallest absolute Gasteiger partial charge is 0.230 e. The lowest BCUT2D eigenvalue weighted by Gasteiger charge is -2.32. The number of nitrogens with one attached hydrogen (secondary N) is 1. The lowest BCUT2D eigenvalue weighted by Crippen LogP contribution is -2.38. The molecule has 0 bridgehead atoms. The predicted octanol–water partition coefficient (Wildman–Crippen LogP) is 5.86. The van der Waals surface area contributed by atoms with Gasteiger partial charge in [-0.05, 0) is 67.7 Å². The quantitative estimate of drug-likeness (QED) is 0.672. The van der Waals surface area contributed by atoms with Crippen molar-refractivity contribution in [3.8, 4) is 0 Å². The molecule has 1 saturated carbocycles. The Morgan fingerprint density at radius 3 is 2.68 bits per heavy atom. The van der Waals surface area contributed by atoms with Gasteiger partial charge in [0.1, 0.15) is 5.82 Å². The average molecular weight is 422 g/mol. The summed E-state index contributed by atoms with van der Waals surface area (Å²) in [4.78, 5) is 20.3. The summed E-state index contributed by atoms with van der Waals surface area (Å²) in [5.74, 6) is 1.11. The molecule has 31 heavy (non-hydrogen) atoms. The highest BCUT2D eigenvalue weighted by Crippen LogP contribution is 2.38. The Labute approximate surface area is 186 Å². The van der Waals surface area contributed by atoms with E-state index in [2.05, 4.69) is 55.3 Å². The number of rotatable bonds is 4. The number of amides is 1. The first-order valence-corrected chi connectivity index (χ1v) is 11.5. The van der Waals surface area contributed by atoms with Gasteiger partial charge in [0.25, 0.3) is 0 Å². The van der Waals surface area contributed by atoms with Crippen LogP contribution in [0.5, 0.6) is 0 Å². The molecule has 1 N–H and O–H groups in total.